The Kier molecular flexibility index (Phi) is 6.26. The first-order valence-electron chi connectivity index (χ1n) is 9.05. The Morgan fingerprint density at radius 2 is 1.81 bits per heavy atom. The van der Waals surface area contributed by atoms with Crippen molar-refractivity contribution in [3.8, 4) is 11.1 Å². The van der Waals surface area contributed by atoms with Crippen molar-refractivity contribution in [1.29, 1.82) is 0 Å². The zero-order valence-corrected chi connectivity index (χ0v) is 15.5. The third kappa shape index (κ3) is 5.07. The average Bonchev–Trinajstić information content (AvgIpc) is 2.67. The summed E-state index contributed by atoms with van der Waals surface area (Å²) < 4.78 is 5.72. The van der Waals surface area contributed by atoms with Gasteiger partial charge in [0.15, 0.2) is 0 Å². The standard InChI is InChI=1S/C21H27N3O2/c1-23(2)15-20-16-24(12-13-26-20)21(25)22-14-17-8-10-19(11-9-17)18-6-4-3-5-7-18/h3-11,20H,12-16H2,1-2H3,(H,22,25). The first-order valence-corrected chi connectivity index (χ1v) is 9.05. The fourth-order valence-electron chi connectivity index (χ4n) is 3.16. The summed E-state index contributed by atoms with van der Waals surface area (Å²) in [6.45, 7) is 3.23. The number of hydrogen-bond donors (Lipinski definition) is 1. The van der Waals surface area contributed by atoms with Gasteiger partial charge in [0, 0.05) is 26.2 Å². The molecular weight excluding hydrogens is 326 g/mol. The Hall–Kier alpha value is -2.37. The van der Waals surface area contributed by atoms with Gasteiger partial charge in [-0.1, -0.05) is 54.6 Å². The fraction of sp³-hybridized carbons (Fsp3) is 0.381. The number of carbonyl (C=O) groups excluding carboxylic acids is 1. The van der Waals surface area contributed by atoms with E-state index in [2.05, 4.69) is 46.6 Å². The molecule has 1 fully saturated rings. The number of carbonyl (C=O) groups is 1. The van der Waals surface area contributed by atoms with Crippen molar-refractivity contribution in [3.05, 3.63) is 60.2 Å². The number of nitrogens with one attached hydrogen (secondary N) is 1. The molecule has 0 bridgehead atoms. The molecule has 1 aliphatic heterocycles. The summed E-state index contributed by atoms with van der Waals surface area (Å²) in [5, 5.41) is 3.02. The highest BCUT2D eigenvalue weighted by Crippen LogP contribution is 2.19. The van der Waals surface area contributed by atoms with Crippen molar-refractivity contribution < 1.29 is 9.53 Å². The van der Waals surface area contributed by atoms with E-state index in [1.807, 2.05) is 37.2 Å². The SMILES string of the molecule is CN(C)CC1CN(C(=O)NCc2ccc(-c3ccccc3)cc2)CCO1. The Labute approximate surface area is 155 Å². The van der Waals surface area contributed by atoms with Crippen LogP contribution in [-0.4, -0.2) is 62.3 Å². The maximum Gasteiger partial charge on any atom is 0.317 e. The van der Waals surface area contributed by atoms with Gasteiger partial charge < -0.3 is 19.9 Å². The molecule has 1 unspecified atom stereocenters. The van der Waals surface area contributed by atoms with Crippen LogP contribution in [0.4, 0.5) is 4.79 Å². The first-order chi connectivity index (χ1) is 12.6. The molecule has 2 aromatic carbocycles. The third-order valence-electron chi connectivity index (χ3n) is 4.50. The van der Waals surface area contributed by atoms with Gasteiger partial charge in [-0.05, 0) is 30.8 Å². The molecule has 1 heterocycles. The molecule has 0 saturated carbocycles. The van der Waals surface area contributed by atoms with E-state index in [-0.39, 0.29) is 12.1 Å². The van der Waals surface area contributed by atoms with Crippen LogP contribution in [0, 0.1) is 0 Å². The minimum Gasteiger partial charge on any atom is -0.373 e. The second-order valence-corrected chi connectivity index (χ2v) is 6.92. The quantitative estimate of drug-likeness (QED) is 0.899. The summed E-state index contributed by atoms with van der Waals surface area (Å²) >= 11 is 0. The lowest BCUT2D eigenvalue weighted by Gasteiger charge is -2.34. The van der Waals surface area contributed by atoms with Gasteiger partial charge in [-0.2, -0.15) is 0 Å². The molecule has 26 heavy (non-hydrogen) atoms. The minimum atomic E-state index is -0.0239. The normalized spacial score (nSPS) is 17.3. The molecule has 0 radical (unpaired) electrons. The van der Waals surface area contributed by atoms with E-state index in [9.17, 15) is 4.79 Å². The van der Waals surface area contributed by atoms with E-state index in [1.54, 1.807) is 0 Å². The Morgan fingerprint density at radius 3 is 2.50 bits per heavy atom. The van der Waals surface area contributed by atoms with Crippen molar-refractivity contribution >= 4 is 6.03 Å². The number of amides is 2. The van der Waals surface area contributed by atoms with Crippen molar-refractivity contribution in [1.82, 2.24) is 15.1 Å². The number of likely N-dealkylation sites (N-methyl/N-ethyl adjacent to an activating group) is 1. The van der Waals surface area contributed by atoms with Gasteiger partial charge in [0.25, 0.3) is 0 Å². The van der Waals surface area contributed by atoms with Gasteiger partial charge in [-0.25, -0.2) is 4.79 Å². The third-order valence-corrected chi connectivity index (χ3v) is 4.50. The van der Waals surface area contributed by atoms with Crippen LogP contribution in [-0.2, 0) is 11.3 Å². The molecule has 1 atom stereocenters. The molecule has 5 heteroatoms. The van der Waals surface area contributed by atoms with E-state index >= 15 is 0 Å². The fourth-order valence-corrected chi connectivity index (χ4v) is 3.16. The number of nitrogens with zero attached hydrogens (tertiary/aromatic N) is 2. The Bertz CT molecular complexity index is 701. The van der Waals surface area contributed by atoms with Crippen LogP contribution in [0.1, 0.15) is 5.56 Å². The molecule has 1 N–H and O–H groups in total. The smallest absolute Gasteiger partial charge is 0.317 e. The van der Waals surface area contributed by atoms with E-state index in [4.69, 9.17) is 4.74 Å². The maximum atomic E-state index is 12.4. The van der Waals surface area contributed by atoms with Crippen molar-refractivity contribution in [2.45, 2.75) is 12.6 Å². The van der Waals surface area contributed by atoms with Gasteiger partial charge in [0.2, 0.25) is 0 Å². The van der Waals surface area contributed by atoms with Crippen LogP contribution in [0.25, 0.3) is 11.1 Å². The number of morpholine rings is 1. The summed E-state index contributed by atoms with van der Waals surface area (Å²) in [4.78, 5) is 16.4. The minimum absolute atomic E-state index is 0.0239. The molecule has 0 spiro atoms. The van der Waals surface area contributed by atoms with E-state index < -0.39 is 0 Å². The number of rotatable bonds is 5. The molecular formula is C21H27N3O2. The summed E-state index contributed by atoms with van der Waals surface area (Å²) in [5.74, 6) is 0. The van der Waals surface area contributed by atoms with E-state index in [1.165, 1.54) is 11.1 Å². The van der Waals surface area contributed by atoms with Crippen molar-refractivity contribution in [2.24, 2.45) is 0 Å². The predicted molar refractivity (Wildman–Crippen MR) is 104 cm³/mol. The van der Waals surface area contributed by atoms with E-state index in [0.29, 0.717) is 26.2 Å². The summed E-state index contributed by atoms with van der Waals surface area (Å²) in [5.41, 5.74) is 3.47. The maximum absolute atomic E-state index is 12.4. The molecule has 3 rings (SSSR count). The lowest BCUT2D eigenvalue weighted by molar-refractivity contribution is -0.0246. The summed E-state index contributed by atoms with van der Waals surface area (Å²) in [7, 11) is 4.03. The zero-order valence-electron chi connectivity index (χ0n) is 15.5. The molecule has 2 amide bonds. The first kappa shape index (κ1) is 18.4. The van der Waals surface area contributed by atoms with Crippen LogP contribution < -0.4 is 5.32 Å². The molecule has 0 aliphatic carbocycles. The lowest BCUT2D eigenvalue weighted by atomic mass is 10.0. The highest BCUT2D eigenvalue weighted by atomic mass is 16.5. The molecule has 0 aromatic heterocycles. The van der Waals surface area contributed by atoms with Crippen LogP contribution in [0.3, 0.4) is 0 Å². The second kappa shape index (κ2) is 8.83. The van der Waals surface area contributed by atoms with Crippen molar-refractivity contribution in [3.63, 3.8) is 0 Å². The number of hydrogen-bond acceptors (Lipinski definition) is 3. The van der Waals surface area contributed by atoms with E-state index in [0.717, 1.165) is 12.1 Å². The zero-order chi connectivity index (χ0) is 18.4. The molecule has 5 nitrogen and oxygen atoms in total. The summed E-state index contributed by atoms with van der Waals surface area (Å²) in [6.07, 6.45) is 0.0784. The van der Waals surface area contributed by atoms with Crippen LogP contribution in [0.2, 0.25) is 0 Å². The number of urea groups is 1. The number of benzene rings is 2. The molecule has 138 valence electrons. The second-order valence-electron chi connectivity index (χ2n) is 6.92. The monoisotopic (exact) mass is 353 g/mol. The molecule has 1 aliphatic rings. The molecule has 2 aromatic rings. The molecule has 1 saturated heterocycles. The van der Waals surface area contributed by atoms with Gasteiger partial charge in [-0.15, -0.1) is 0 Å². The highest BCUT2D eigenvalue weighted by Gasteiger charge is 2.24. The Balaban J connectivity index is 1.51. The highest BCUT2D eigenvalue weighted by molar-refractivity contribution is 5.74. The van der Waals surface area contributed by atoms with Gasteiger partial charge in [0.1, 0.15) is 0 Å². The largest absolute Gasteiger partial charge is 0.373 e. The lowest BCUT2D eigenvalue weighted by Crippen LogP contribution is -2.51. The van der Waals surface area contributed by atoms with Crippen LogP contribution >= 0.6 is 0 Å². The van der Waals surface area contributed by atoms with Gasteiger partial charge in [0.05, 0.1) is 12.7 Å². The predicted octanol–water partition coefficient (Wildman–Crippen LogP) is 2.83. The van der Waals surface area contributed by atoms with Crippen LogP contribution in [0.5, 0.6) is 0 Å². The summed E-state index contributed by atoms with van der Waals surface area (Å²) in [6, 6.07) is 18.6. The van der Waals surface area contributed by atoms with Crippen LogP contribution in [0.15, 0.2) is 54.6 Å². The Morgan fingerprint density at radius 1 is 1.12 bits per heavy atom. The van der Waals surface area contributed by atoms with Gasteiger partial charge >= 0.3 is 6.03 Å². The average molecular weight is 353 g/mol. The number of ether oxygens (including phenoxy) is 1. The topological polar surface area (TPSA) is 44.8 Å². The van der Waals surface area contributed by atoms with Gasteiger partial charge in [-0.3, -0.25) is 0 Å². The van der Waals surface area contributed by atoms with Crippen molar-refractivity contribution in [2.75, 3.05) is 40.3 Å².